The summed E-state index contributed by atoms with van der Waals surface area (Å²) in [5.74, 6) is -1.72. The molecule has 11 heteroatoms. The minimum Gasteiger partial charge on any atom is -0.462 e. The molecule has 10 nitrogen and oxygen atoms in total. The summed E-state index contributed by atoms with van der Waals surface area (Å²) in [5, 5.41) is 12.9. The van der Waals surface area contributed by atoms with Crippen molar-refractivity contribution in [3.05, 3.63) is 29.8 Å². The second kappa shape index (κ2) is 11.4. The van der Waals surface area contributed by atoms with Crippen molar-refractivity contribution >= 4 is 46.7 Å². The van der Waals surface area contributed by atoms with Gasteiger partial charge in [0.25, 0.3) is 5.91 Å². The van der Waals surface area contributed by atoms with Gasteiger partial charge >= 0.3 is 5.97 Å². The summed E-state index contributed by atoms with van der Waals surface area (Å²) in [7, 11) is 0. The number of ether oxygens (including phenoxy) is 1. The summed E-state index contributed by atoms with van der Waals surface area (Å²) in [5.41, 5.74) is 3.35. The number of carbonyl (C=O) groups excluding carboxylic acids is 4. The van der Waals surface area contributed by atoms with Gasteiger partial charge in [-0.1, -0.05) is 0 Å². The number of hydrogen-bond acceptors (Lipinski definition) is 7. The molecule has 168 valence electrons. The molecular weight excluding hydrogens is 424 g/mol. The third-order valence-electron chi connectivity index (χ3n) is 4.48. The number of aliphatic hydroxyl groups is 1. The highest BCUT2D eigenvalue weighted by molar-refractivity contribution is 7.80. The Morgan fingerprint density at radius 2 is 1.84 bits per heavy atom. The summed E-state index contributed by atoms with van der Waals surface area (Å²) in [6.45, 7) is 3.87. The predicted octanol–water partition coefficient (Wildman–Crippen LogP) is 0.813. The third-order valence-corrected chi connectivity index (χ3v) is 4.90. The number of amides is 3. The lowest BCUT2D eigenvalue weighted by Gasteiger charge is -2.24. The van der Waals surface area contributed by atoms with E-state index in [0.29, 0.717) is 17.8 Å². The Bertz CT molecular complexity index is 845. The van der Waals surface area contributed by atoms with Crippen LogP contribution in [0.5, 0.6) is 0 Å². The average Bonchev–Trinajstić information content (AvgIpc) is 2.96. The van der Waals surface area contributed by atoms with E-state index in [2.05, 4.69) is 10.7 Å². The molecule has 31 heavy (non-hydrogen) atoms. The van der Waals surface area contributed by atoms with Crippen molar-refractivity contribution in [3.8, 4) is 0 Å². The molecule has 0 spiro atoms. The van der Waals surface area contributed by atoms with Crippen LogP contribution in [0.3, 0.4) is 0 Å². The number of rotatable bonds is 10. The smallest absolute Gasteiger partial charge is 0.338 e. The van der Waals surface area contributed by atoms with Crippen LogP contribution in [0.4, 0.5) is 5.69 Å². The van der Waals surface area contributed by atoms with Crippen molar-refractivity contribution in [1.29, 1.82) is 0 Å². The van der Waals surface area contributed by atoms with E-state index in [1.807, 2.05) is 0 Å². The van der Waals surface area contributed by atoms with Gasteiger partial charge in [-0.2, -0.15) is 0 Å². The molecular formula is C20H26N4O6S. The van der Waals surface area contributed by atoms with Crippen LogP contribution in [0.25, 0.3) is 0 Å². The Labute approximate surface area is 185 Å². The number of thiocarbonyl (C=S) groups is 1. The van der Waals surface area contributed by atoms with Gasteiger partial charge in [0, 0.05) is 25.3 Å². The van der Waals surface area contributed by atoms with E-state index >= 15 is 0 Å². The minimum atomic E-state index is -0.982. The maximum absolute atomic E-state index is 12.7. The molecule has 3 N–H and O–H groups in total. The highest BCUT2D eigenvalue weighted by Gasteiger charge is 2.43. The SMILES string of the molecule is CCOC(=O)c1ccc(NC(=O)CC2C(=O)N(CC)C(=S)N2NC(=O)CCCO)cc1. The molecule has 1 unspecified atom stereocenters. The van der Waals surface area contributed by atoms with E-state index in [4.69, 9.17) is 22.1 Å². The van der Waals surface area contributed by atoms with E-state index in [9.17, 15) is 19.2 Å². The molecule has 1 fully saturated rings. The fourth-order valence-corrected chi connectivity index (χ4v) is 3.36. The first kappa shape index (κ1) is 24.2. The monoisotopic (exact) mass is 450 g/mol. The van der Waals surface area contributed by atoms with Crippen LogP contribution in [0, 0.1) is 0 Å². The quantitative estimate of drug-likeness (QED) is 0.353. The number of hydrazine groups is 1. The first-order valence-corrected chi connectivity index (χ1v) is 10.3. The summed E-state index contributed by atoms with van der Waals surface area (Å²) >= 11 is 5.28. The van der Waals surface area contributed by atoms with Gasteiger partial charge in [0.05, 0.1) is 18.6 Å². The Balaban J connectivity index is 2.05. The number of nitrogens with zero attached hydrogens (tertiary/aromatic N) is 2. The van der Waals surface area contributed by atoms with Crippen LogP contribution in [0.1, 0.15) is 43.5 Å². The lowest BCUT2D eigenvalue weighted by atomic mass is 10.1. The van der Waals surface area contributed by atoms with Crippen molar-refractivity contribution < 1.29 is 29.0 Å². The number of anilines is 1. The summed E-state index contributed by atoms with van der Waals surface area (Å²) in [4.78, 5) is 50.3. The highest BCUT2D eigenvalue weighted by atomic mass is 32.1. The molecule has 1 saturated heterocycles. The molecule has 1 aromatic carbocycles. The van der Waals surface area contributed by atoms with Crippen LogP contribution >= 0.6 is 12.2 Å². The van der Waals surface area contributed by atoms with Gasteiger partial charge in [-0.15, -0.1) is 0 Å². The molecule has 3 amide bonds. The van der Waals surface area contributed by atoms with Crippen molar-refractivity contribution in [2.24, 2.45) is 0 Å². The Morgan fingerprint density at radius 3 is 2.42 bits per heavy atom. The maximum Gasteiger partial charge on any atom is 0.338 e. The summed E-state index contributed by atoms with van der Waals surface area (Å²) in [6.07, 6.45) is 0.0852. The number of nitrogens with one attached hydrogen (secondary N) is 2. The zero-order valence-electron chi connectivity index (χ0n) is 17.4. The standard InChI is InChI=1S/C20H26N4O6S/c1-3-23-18(28)15(24(20(23)31)22-16(26)6-5-11-25)12-17(27)21-14-9-7-13(8-10-14)19(29)30-4-2/h7-10,15,25H,3-6,11-12H2,1-2H3,(H,21,27)(H,22,26). The van der Waals surface area contributed by atoms with E-state index in [-0.39, 0.29) is 43.5 Å². The third kappa shape index (κ3) is 6.22. The number of esters is 1. The van der Waals surface area contributed by atoms with Gasteiger partial charge in [-0.05, 0) is 56.8 Å². The molecule has 0 aromatic heterocycles. The van der Waals surface area contributed by atoms with Gasteiger partial charge in [-0.25, -0.2) is 9.80 Å². The fraction of sp³-hybridized carbons (Fsp3) is 0.450. The molecule has 0 bridgehead atoms. The zero-order valence-corrected chi connectivity index (χ0v) is 18.2. The second-order valence-electron chi connectivity index (χ2n) is 6.66. The maximum atomic E-state index is 12.7. The molecule has 1 aliphatic rings. The topological polar surface area (TPSA) is 128 Å². The Hall–Kier alpha value is -3.05. The summed E-state index contributed by atoms with van der Waals surface area (Å²) < 4.78 is 4.91. The molecule has 1 heterocycles. The highest BCUT2D eigenvalue weighted by Crippen LogP contribution is 2.20. The number of aliphatic hydroxyl groups excluding tert-OH is 1. The second-order valence-corrected chi connectivity index (χ2v) is 7.03. The van der Waals surface area contributed by atoms with E-state index < -0.39 is 23.8 Å². The van der Waals surface area contributed by atoms with Crippen LogP contribution < -0.4 is 10.7 Å². The fourth-order valence-electron chi connectivity index (χ4n) is 2.96. The van der Waals surface area contributed by atoms with Crippen molar-refractivity contribution in [2.45, 2.75) is 39.2 Å². The normalized spacial score (nSPS) is 15.8. The number of carbonyl (C=O) groups is 4. The molecule has 0 saturated carbocycles. The molecule has 0 radical (unpaired) electrons. The van der Waals surface area contributed by atoms with Crippen LogP contribution in [-0.4, -0.2) is 69.6 Å². The lowest BCUT2D eigenvalue weighted by molar-refractivity contribution is -0.132. The molecule has 1 aliphatic heterocycles. The predicted molar refractivity (Wildman–Crippen MR) is 116 cm³/mol. The van der Waals surface area contributed by atoms with Gasteiger partial charge < -0.3 is 15.2 Å². The zero-order chi connectivity index (χ0) is 23.0. The van der Waals surface area contributed by atoms with E-state index in [0.717, 1.165) is 0 Å². The van der Waals surface area contributed by atoms with Gasteiger partial charge in [0.15, 0.2) is 5.11 Å². The van der Waals surface area contributed by atoms with Gasteiger partial charge in [0.2, 0.25) is 11.8 Å². The molecule has 1 atom stereocenters. The number of benzene rings is 1. The molecule has 1 aromatic rings. The van der Waals surface area contributed by atoms with Gasteiger partial charge in [-0.3, -0.25) is 24.7 Å². The molecule has 2 rings (SSSR count). The summed E-state index contributed by atoms with van der Waals surface area (Å²) in [6, 6.07) is 5.17. The Kier molecular flexibility index (Phi) is 8.88. The Morgan fingerprint density at radius 1 is 1.16 bits per heavy atom. The largest absolute Gasteiger partial charge is 0.462 e. The number of likely N-dealkylation sites (N-methyl/N-ethyl adjacent to an activating group) is 1. The van der Waals surface area contributed by atoms with Crippen molar-refractivity contribution in [3.63, 3.8) is 0 Å². The van der Waals surface area contributed by atoms with Gasteiger partial charge in [0.1, 0.15) is 6.04 Å². The molecule has 0 aliphatic carbocycles. The average molecular weight is 451 g/mol. The van der Waals surface area contributed by atoms with Crippen molar-refractivity contribution in [2.75, 3.05) is 25.1 Å². The van der Waals surface area contributed by atoms with E-state index in [1.54, 1.807) is 26.0 Å². The lowest BCUT2D eigenvalue weighted by Crippen LogP contribution is -2.49. The first-order valence-electron chi connectivity index (χ1n) is 9.94. The van der Waals surface area contributed by atoms with Crippen LogP contribution in [0.15, 0.2) is 24.3 Å². The van der Waals surface area contributed by atoms with E-state index in [1.165, 1.54) is 22.0 Å². The van der Waals surface area contributed by atoms with Crippen LogP contribution in [-0.2, 0) is 19.1 Å². The first-order chi connectivity index (χ1) is 14.8. The number of hydrogen-bond donors (Lipinski definition) is 3. The van der Waals surface area contributed by atoms with Crippen LogP contribution in [0.2, 0.25) is 0 Å². The van der Waals surface area contributed by atoms with Crippen molar-refractivity contribution in [1.82, 2.24) is 15.3 Å². The minimum absolute atomic E-state index is 0.0572.